The second-order valence-electron chi connectivity index (χ2n) is 5.49. The zero-order valence-electron chi connectivity index (χ0n) is 14.8. The molecule has 0 saturated carbocycles. The van der Waals surface area contributed by atoms with E-state index in [4.69, 9.17) is 5.11 Å². The molecule has 0 aliphatic carbocycles. The minimum absolute atomic E-state index is 0.0270. The Kier molecular flexibility index (Phi) is 7.33. The molecule has 0 fully saturated rings. The quantitative estimate of drug-likeness (QED) is 0.509. The lowest BCUT2D eigenvalue weighted by Crippen LogP contribution is -2.20. The van der Waals surface area contributed by atoms with Crippen LogP contribution in [0.3, 0.4) is 0 Å². The predicted molar refractivity (Wildman–Crippen MR) is 109 cm³/mol. The van der Waals surface area contributed by atoms with Crippen LogP contribution in [0.5, 0.6) is 0 Å². The van der Waals surface area contributed by atoms with Gasteiger partial charge in [0, 0.05) is 30.4 Å². The van der Waals surface area contributed by atoms with Crippen LogP contribution in [0, 0.1) is 0 Å². The highest BCUT2D eigenvalue weighted by molar-refractivity contribution is 6.00. The fourth-order valence-electron chi connectivity index (χ4n) is 2.44. The molecule has 2 amide bonds. The van der Waals surface area contributed by atoms with Crippen molar-refractivity contribution in [3.8, 4) is 0 Å². The van der Waals surface area contributed by atoms with E-state index in [1.54, 1.807) is 18.5 Å². The van der Waals surface area contributed by atoms with Gasteiger partial charge in [-0.15, -0.1) is 0 Å². The van der Waals surface area contributed by atoms with E-state index in [0.717, 1.165) is 16.7 Å². The highest BCUT2D eigenvalue weighted by Crippen LogP contribution is 2.21. The third kappa shape index (κ3) is 5.43. The summed E-state index contributed by atoms with van der Waals surface area (Å²) in [5.74, 6) is 0. The monoisotopic (exact) mass is 349 g/mol. The van der Waals surface area contributed by atoms with Crippen LogP contribution in [0.25, 0.3) is 5.57 Å². The Bertz CT molecular complexity index is 826. The number of allylic oxidation sites excluding steroid dienone is 2. The molecule has 26 heavy (non-hydrogen) atoms. The van der Waals surface area contributed by atoms with Gasteiger partial charge < -0.3 is 15.7 Å². The SMILES string of the molecule is C=C/C(=C\N=CC)c1cccc(NC(=O)Nc2ccccc2CCO)c1. The van der Waals surface area contributed by atoms with Crippen LogP contribution < -0.4 is 10.6 Å². The van der Waals surface area contributed by atoms with Crippen LogP contribution in [-0.4, -0.2) is 24.0 Å². The molecule has 0 spiro atoms. The van der Waals surface area contributed by atoms with Crippen LogP contribution in [0.15, 0.2) is 72.4 Å². The molecule has 0 saturated heterocycles. The number of hydrogen-bond acceptors (Lipinski definition) is 3. The maximum Gasteiger partial charge on any atom is 0.323 e. The van der Waals surface area contributed by atoms with Crippen molar-refractivity contribution in [2.45, 2.75) is 13.3 Å². The number of aliphatic hydroxyl groups excluding tert-OH is 1. The average molecular weight is 349 g/mol. The fraction of sp³-hybridized carbons (Fsp3) is 0.143. The summed E-state index contributed by atoms with van der Waals surface area (Å²) < 4.78 is 0. The smallest absolute Gasteiger partial charge is 0.323 e. The van der Waals surface area contributed by atoms with Crippen molar-refractivity contribution in [1.82, 2.24) is 0 Å². The Balaban J connectivity index is 2.13. The molecule has 5 heteroatoms. The van der Waals surface area contributed by atoms with Crippen LogP contribution in [0.4, 0.5) is 16.2 Å². The molecule has 134 valence electrons. The van der Waals surface area contributed by atoms with E-state index in [1.165, 1.54) is 0 Å². The first-order valence-electron chi connectivity index (χ1n) is 8.35. The third-order valence-electron chi connectivity index (χ3n) is 3.68. The Labute approximate surface area is 153 Å². The van der Waals surface area contributed by atoms with Crippen molar-refractivity contribution in [1.29, 1.82) is 0 Å². The van der Waals surface area contributed by atoms with Crippen LogP contribution >= 0.6 is 0 Å². The van der Waals surface area contributed by atoms with Gasteiger partial charge in [0.05, 0.1) is 0 Å². The molecule has 2 rings (SSSR count). The normalized spacial score (nSPS) is 11.4. The Morgan fingerprint density at radius 2 is 2.00 bits per heavy atom. The molecule has 3 N–H and O–H groups in total. The molecule has 0 atom stereocenters. The fourth-order valence-corrected chi connectivity index (χ4v) is 2.44. The molecule has 2 aromatic carbocycles. The zero-order chi connectivity index (χ0) is 18.8. The molecular formula is C21H23N3O2. The molecular weight excluding hydrogens is 326 g/mol. The predicted octanol–water partition coefficient (Wildman–Crippen LogP) is 4.48. The van der Waals surface area contributed by atoms with Gasteiger partial charge in [-0.25, -0.2) is 4.79 Å². The lowest BCUT2D eigenvalue weighted by atomic mass is 10.1. The van der Waals surface area contributed by atoms with Crippen molar-refractivity contribution in [2.24, 2.45) is 4.99 Å². The highest BCUT2D eigenvalue weighted by Gasteiger charge is 2.07. The van der Waals surface area contributed by atoms with E-state index in [2.05, 4.69) is 22.2 Å². The van der Waals surface area contributed by atoms with Gasteiger partial charge in [-0.1, -0.05) is 43.0 Å². The van der Waals surface area contributed by atoms with Crippen LogP contribution in [0.1, 0.15) is 18.1 Å². The first-order chi connectivity index (χ1) is 12.7. The summed E-state index contributed by atoms with van der Waals surface area (Å²) in [4.78, 5) is 16.4. The number of urea groups is 1. The second kappa shape index (κ2) is 9.96. The summed E-state index contributed by atoms with van der Waals surface area (Å²) >= 11 is 0. The van der Waals surface area contributed by atoms with Crippen molar-refractivity contribution in [3.63, 3.8) is 0 Å². The topological polar surface area (TPSA) is 73.7 Å². The van der Waals surface area contributed by atoms with E-state index in [9.17, 15) is 4.79 Å². The Morgan fingerprint density at radius 3 is 2.73 bits per heavy atom. The van der Waals surface area contributed by atoms with Crippen molar-refractivity contribution in [3.05, 3.63) is 78.5 Å². The molecule has 0 heterocycles. The number of hydrogen-bond donors (Lipinski definition) is 3. The van der Waals surface area contributed by atoms with E-state index in [-0.39, 0.29) is 12.6 Å². The number of anilines is 2. The number of aliphatic imine (C=N–C) groups is 1. The van der Waals surface area contributed by atoms with Gasteiger partial charge in [0.2, 0.25) is 0 Å². The average Bonchev–Trinajstić information content (AvgIpc) is 2.64. The number of aliphatic hydroxyl groups is 1. The molecule has 0 unspecified atom stereocenters. The number of para-hydroxylation sites is 1. The summed E-state index contributed by atoms with van der Waals surface area (Å²) in [5, 5.41) is 14.8. The van der Waals surface area contributed by atoms with Crippen molar-refractivity contribution in [2.75, 3.05) is 17.2 Å². The third-order valence-corrected chi connectivity index (χ3v) is 3.68. The summed E-state index contributed by atoms with van der Waals surface area (Å²) in [6.45, 7) is 5.67. The number of nitrogens with zero attached hydrogens (tertiary/aromatic N) is 1. The molecule has 0 radical (unpaired) electrons. The van der Waals surface area contributed by atoms with Gasteiger partial charge in [0.1, 0.15) is 0 Å². The van der Waals surface area contributed by atoms with Gasteiger partial charge in [-0.05, 0) is 48.2 Å². The number of benzene rings is 2. The van der Waals surface area contributed by atoms with Gasteiger partial charge in [-0.2, -0.15) is 0 Å². The van der Waals surface area contributed by atoms with Gasteiger partial charge in [-0.3, -0.25) is 4.99 Å². The molecule has 0 aliphatic rings. The maximum absolute atomic E-state index is 12.3. The Morgan fingerprint density at radius 1 is 1.19 bits per heavy atom. The maximum atomic E-state index is 12.3. The van der Waals surface area contributed by atoms with E-state index in [1.807, 2.05) is 55.5 Å². The first-order valence-corrected chi connectivity index (χ1v) is 8.35. The number of nitrogens with one attached hydrogen (secondary N) is 2. The van der Waals surface area contributed by atoms with Crippen LogP contribution in [-0.2, 0) is 6.42 Å². The van der Waals surface area contributed by atoms with Gasteiger partial charge in [0.25, 0.3) is 0 Å². The lowest BCUT2D eigenvalue weighted by molar-refractivity contribution is 0.262. The molecule has 0 aliphatic heterocycles. The number of rotatable bonds is 7. The number of carbonyl (C=O) groups is 1. The van der Waals surface area contributed by atoms with Crippen molar-refractivity contribution >= 4 is 29.2 Å². The summed E-state index contributed by atoms with van der Waals surface area (Å²) in [6.07, 6.45) is 5.62. The molecule has 0 bridgehead atoms. The minimum Gasteiger partial charge on any atom is -0.396 e. The highest BCUT2D eigenvalue weighted by atomic mass is 16.3. The lowest BCUT2D eigenvalue weighted by Gasteiger charge is -2.12. The zero-order valence-corrected chi connectivity index (χ0v) is 14.8. The van der Waals surface area contributed by atoms with E-state index in [0.29, 0.717) is 17.8 Å². The van der Waals surface area contributed by atoms with E-state index >= 15 is 0 Å². The largest absolute Gasteiger partial charge is 0.396 e. The Hall–Kier alpha value is -3.18. The summed E-state index contributed by atoms with van der Waals surface area (Å²) in [6, 6.07) is 14.5. The van der Waals surface area contributed by atoms with Crippen LogP contribution in [0.2, 0.25) is 0 Å². The first kappa shape index (κ1) is 19.1. The second-order valence-corrected chi connectivity index (χ2v) is 5.49. The number of amides is 2. The molecule has 5 nitrogen and oxygen atoms in total. The van der Waals surface area contributed by atoms with Gasteiger partial charge >= 0.3 is 6.03 Å². The molecule has 0 aromatic heterocycles. The summed E-state index contributed by atoms with van der Waals surface area (Å²) in [5.41, 5.74) is 3.99. The standard InChI is InChI=1S/C21H23N3O2/c1-3-16(15-22-4-2)18-9-7-10-19(14-18)23-21(26)24-20-11-6-5-8-17(20)12-13-25/h3-11,14-15,25H,1,12-13H2,2H3,(H2,23,24,26)/b16-15+,22-4?. The summed E-state index contributed by atoms with van der Waals surface area (Å²) in [7, 11) is 0. The van der Waals surface area contributed by atoms with Crippen molar-refractivity contribution < 1.29 is 9.90 Å². The minimum atomic E-state index is -0.344. The molecule has 2 aromatic rings. The van der Waals surface area contributed by atoms with E-state index < -0.39 is 0 Å². The number of carbonyl (C=O) groups excluding carboxylic acids is 1. The van der Waals surface area contributed by atoms with Gasteiger partial charge in [0.15, 0.2) is 0 Å².